The first-order valence-corrected chi connectivity index (χ1v) is 7.74. The van der Waals surface area contributed by atoms with Gasteiger partial charge in [-0.15, -0.1) is 0 Å². The van der Waals surface area contributed by atoms with Crippen LogP contribution in [0.1, 0.15) is 45.9 Å². The third-order valence-electron chi connectivity index (χ3n) is 4.34. The topological polar surface area (TPSA) is 70.5 Å². The van der Waals surface area contributed by atoms with Gasteiger partial charge in [0.15, 0.2) is 0 Å². The van der Waals surface area contributed by atoms with Gasteiger partial charge in [-0.2, -0.15) is 0 Å². The second-order valence-corrected chi connectivity index (χ2v) is 5.98. The van der Waals surface area contributed by atoms with E-state index < -0.39 is 5.97 Å². The number of aromatic nitrogens is 1. The number of carboxylic acids is 1. The van der Waals surface area contributed by atoms with E-state index in [9.17, 15) is 14.0 Å². The zero-order valence-electron chi connectivity index (χ0n) is 13.1. The minimum Gasteiger partial charge on any atom is -0.477 e. The van der Waals surface area contributed by atoms with Crippen LogP contribution in [0.5, 0.6) is 0 Å². The van der Waals surface area contributed by atoms with Crippen LogP contribution in [0.4, 0.5) is 4.39 Å². The van der Waals surface area contributed by atoms with E-state index >= 15 is 0 Å². The monoisotopic (exact) mass is 328 g/mol. The fraction of sp³-hybridized carbons (Fsp3) is 0.278. The van der Waals surface area contributed by atoms with E-state index in [1.54, 1.807) is 17.0 Å². The Morgan fingerprint density at radius 3 is 2.62 bits per heavy atom. The molecule has 1 saturated heterocycles. The summed E-state index contributed by atoms with van der Waals surface area (Å²) in [5.74, 6) is -1.68. The molecule has 0 bridgehead atoms. The third kappa shape index (κ3) is 2.99. The second-order valence-electron chi connectivity index (χ2n) is 5.98. The zero-order chi connectivity index (χ0) is 17.3. The summed E-state index contributed by atoms with van der Waals surface area (Å²) in [4.78, 5) is 29.4. The van der Waals surface area contributed by atoms with Crippen molar-refractivity contribution >= 4 is 11.9 Å². The van der Waals surface area contributed by atoms with Gasteiger partial charge in [0.05, 0.1) is 6.04 Å². The lowest BCUT2D eigenvalue weighted by Gasteiger charge is -2.27. The Balaban J connectivity index is 1.93. The lowest BCUT2D eigenvalue weighted by atomic mass is 9.95. The maximum atomic E-state index is 13.6. The van der Waals surface area contributed by atoms with E-state index in [4.69, 9.17) is 5.11 Å². The normalized spacial score (nSPS) is 20.2. The Morgan fingerprint density at radius 2 is 1.92 bits per heavy atom. The summed E-state index contributed by atoms with van der Waals surface area (Å²) in [5, 5.41) is 9.03. The predicted octanol–water partition coefficient (Wildman–Crippen LogP) is 3.14. The standard InChI is InChI=1S/C18H17FN2O3/c1-11-8-9-21(16(11)12-4-2-5-13(19)10-12)17(22)14-6-3-7-15(20-14)18(23)24/h2-7,10-11,16H,8-9H2,1H3,(H,23,24). The maximum Gasteiger partial charge on any atom is 0.354 e. The van der Waals surface area contributed by atoms with Crippen LogP contribution in [0.15, 0.2) is 42.5 Å². The molecule has 2 heterocycles. The Morgan fingerprint density at radius 1 is 1.21 bits per heavy atom. The largest absolute Gasteiger partial charge is 0.477 e. The number of amides is 1. The minimum absolute atomic E-state index is 0.0883. The van der Waals surface area contributed by atoms with Gasteiger partial charge in [0.2, 0.25) is 0 Å². The molecule has 5 nitrogen and oxygen atoms in total. The fourth-order valence-electron chi connectivity index (χ4n) is 3.19. The smallest absolute Gasteiger partial charge is 0.354 e. The fourth-order valence-corrected chi connectivity index (χ4v) is 3.19. The Bertz CT molecular complexity index is 793. The molecule has 0 aliphatic carbocycles. The average Bonchev–Trinajstić information content (AvgIpc) is 2.96. The number of carbonyl (C=O) groups is 2. The van der Waals surface area contributed by atoms with Crippen molar-refractivity contribution in [1.29, 1.82) is 0 Å². The van der Waals surface area contributed by atoms with Crippen LogP contribution in [0, 0.1) is 11.7 Å². The van der Waals surface area contributed by atoms with Crippen molar-refractivity contribution in [3.8, 4) is 0 Å². The number of carboxylic acid groups (broad SMARTS) is 1. The molecule has 1 aliphatic heterocycles. The van der Waals surface area contributed by atoms with Crippen molar-refractivity contribution in [3.05, 3.63) is 65.2 Å². The molecule has 1 N–H and O–H groups in total. The van der Waals surface area contributed by atoms with Crippen molar-refractivity contribution in [3.63, 3.8) is 0 Å². The van der Waals surface area contributed by atoms with Crippen LogP contribution in [0.25, 0.3) is 0 Å². The molecule has 2 aromatic rings. The number of halogens is 1. The predicted molar refractivity (Wildman–Crippen MR) is 85.2 cm³/mol. The van der Waals surface area contributed by atoms with Crippen molar-refractivity contribution < 1.29 is 19.1 Å². The van der Waals surface area contributed by atoms with E-state index in [2.05, 4.69) is 4.98 Å². The molecule has 0 spiro atoms. The highest BCUT2D eigenvalue weighted by Gasteiger charge is 2.36. The zero-order valence-corrected chi connectivity index (χ0v) is 13.1. The van der Waals surface area contributed by atoms with Gasteiger partial charge in [-0.1, -0.05) is 25.1 Å². The van der Waals surface area contributed by atoms with Crippen molar-refractivity contribution in [2.24, 2.45) is 5.92 Å². The summed E-state index contributed by atoms with van der Waals surface area (Å²) >= 11 is 0. The van der Waals surface area contributed by atoms with Gasteiger partial charge in [-0.05, 0) is 42.2 Å². The summed E-state index contributed by atoms with van der Waals surface area (Å²) in [7, 11) is 0. The van der Waals surface area contributed by atoms with E-state index in [1.165, 1.54) is 30.3 Å². The highest BCUT2D eigenvalue weighted by Crippen LogP contribution is 2.37. The van der Waals surface area contributed by atoms with E-state index in [-0.39, 0.29) is 35.1 Å². The number of hydrogen-bond acceptors (Lipinski definition) is 3. The molecule has 124 valence electrons. The van der Waals surface area contributed by atoms with Crippen LogP contribution in [-0.2, 0) is 0 Å². The Labute approximate surface area is 138 Å². The summed E-state index contributed by atoms with van der Waals surface area (Å²) in [6.07, 6.45) is 0.797. The third-order valence-corrected chi connectivity index (χ3v) is 4.34. The van der Waals surface area contributed by atoms with Crippen LogP contribution < -0.4 is 0 Å². The average molecular weight is 328 g/mol. The number of nitrogens with zero attached hydrogens (tertiary/aromatic N) is 2. The number of benzene rings is 1. The molecule has 1 amide bonds. The molecule has 24 heavy (non-hydrogen) atoms. The Hall–Kier alpha value is -2.76. The molecule has 2 unspecified atom stereocenters. The number of hydrogen-bond donors (Lipinski definition) is 1. The molecule has 1 aromatic carbocycles. The number of aromatic carboxylic acids is 1. The highest BCUT2D eigenvalue weighted by molar-refractivity contribution is 5.94. The van der Waals surface area contributed by atoms with Gasteiger partial charge >= 0.3 is 5.97 Å². The lowest BCUT2D eigenvalue weighted by molar-refractivity contribution is 0.0688. The first kappa shape index (κ1) is 16.1. The van der Waals surface area contributed by atoms with Gasteiger partial charge in [0.1, 0.15) is 17.2 Å². The summed E-state index contributed by atoms with van der Waals surface area (Å²) in [5.41, 5.74) is 0.656. The van der Waals surface area contributed by atoms with E-state index in [0.717, 1.165) is 12.0 Å². The number of rotatable bonds is 3. The van der Waals surface area contributed by atoms with E-state index in [1.807, 2.05) is 6.92 Å². The Kier molecular flexibility index (Phi) is 4.29. The quantitative estimate of drug-likeness (QED) is 0.939. The van der Waals surface area contributed by atoms with Crippen LogP contribution in [0.2, 0.25) is 0 Å². The first-order chi connectivity index (χ1) is 11.5. The van der Waals surface area contributed by atoms with Crippen LogP contribution in [-0.4, -0.2) is 33.4 Å². The number of likely N-dealkylation sites (tertiary alicyclic amines) is 1. The molecule has 2 atom stereocenters. The summed E-state index contributed by atoms with van der Waals surface area (Å²) in [6.45, 7) is 2.55. The molecule has 0 radical (unpaired) electrons. The summed E-state index contributed by atoms with van der Waals surface area (Å²) in [6, 6.07) is 10.3. The molecule has 6 heteroatoms. The van der Waals surface area contributed by atoms with Gasteiger partial charge < -0.3 is 10.0 Å². The molecular formula is C18H17FN2O3. The van der Waals surface area contributed by atoms with Gasteiger partial charge in [0.25, 0.3) is 5.91 Å². The van der Waals surface area contributed by atoms with Crippen molar-refractivity contribution in [1.82, 2.24) is 9.88 Å². The van der Waals surface area contributed by atoms with E-state index in [0.29, 0.717) is 6.54 Å². The first-order valence-electron chi connectivity index (χ1n) is 7.74. The molecule has 1 aliphatic rings. The van der Waals surface area contributed by atoms with Gasteiger partial charge in [0, 0.05) is 6.54 Å². The van der Waals surface area contributed by atoms with Crippen molar-refractivity contribution in [2.45, 2.75) is 19.4 Å². The summed E-state index contributed by atoms with van der Waals surface area (Å²) < 4.78 is 13.6. The number of pyridine rings is 1. The number of carbonyl (C=O) groups excluding carboxylic acids is 1. The minimum atomic E-state index is -1.18. The maximum absolute atomic E-state index is 13.6. The molecule has 1 aromatic heterocycles. The lowest BCUT2D eigenvalue weighted by Crippen LogP contribution is -2.32. The highest BCUT2D eigenvalue weighted by atomic mass is 19.1. The molecule has 3 rings (SSSR count). The molecular weight excluding hydrogens is 311 g/mol. The molecule has 1 fully saturated rings. The van der Waals surface area contributed by atoms with Crippen molar-refractivity contribution in [2.75, 3.05) is 6.54 Å². The SMILES string of the molecule is CC1CCN(C(=O)c2cccc(C(=O)O)n2)C1c1cccc(F)c1. The molecule has 0 saturated carbocycles. The van der Waals surface area contributed by atoms with Gasteiger partial charge in [-0.3, -0.25) is 4.79 Å². The second kappa shape index (κ2) is 6.39. The van der Waals surface area contributed by atoms with Crippen LogP contribution in [0.3, 0.4) is 0 Å². The van der Waals surface area contributed by atoms with Gasteiger partial charge in [-0.25, -0.2) is 14.2 Å². The van der Waals surface area contributed by atoms with Crippen LogP contribution >= 0.6 is 0 Å².